The second-order valence-electron chi connectivity index (χ2n) is 3.30. The standard InChI is InChI=1S/C8H5F3O3.C4H8O2/c1-14-7-5(10)3(8(12)13)2-4(9)6(7)11;1-3-6-4(2)5/h2H,1H3,(H,12,13);3H2,1-2H3. The van der Waals surface area contributed by atoms with E-state index in [1.165, 1.54) is 6.92 Å². The van der Waals surface area contributed by atoms with Crippen LogP contribution in [-0.4, -0.2) is 30.8 Å². The molecule has 0 radical (unpaired) electrons. The van der Waals surface area contributed by atoms with Crippen LogP contribution < -0.4 is 4.74 Å². The number of carboxylic acid groups (broad SMARTS) is 1. The number of carboxylic acids is 1. The average Bonchev–Trinajstić information content (AvgIpc) is 2.34. The Balaban J connectivity index is 0.000000511. The van der Waals surface area contributed by atoms with Crippen LogP contribution in [0, 0.1) is 17.5 Å². The molecule has 1 rings (SSSR count). The third-order valence-electron chi connectivity index (χ3n) is 1.90. The van der Waals surface area contributed by atoms with Crippen LogP contribution in [0.3, 0.4) is 0 Å². The highest BCUT2D eigenvalue weighted by atomic mass is 19.2. The summed E-state index contributed by atoms with van der Waals surface area (Å²) in [5.41, 5.74) is -0.972. The zero-order valence-electron chi connectivity index (χ0n) is 11.0. The van der Waals surface area contributed by atoms with Crippen molar-refractivity contribution in [3.05, 3.63) is 29.1 Å². The molecule has 0 heterocycles. The number of benzene rings is 1. The van der Waals surface area contributed by atoms with Gasteiger partial charge in [0.25, 0.3) is 0 Å². The summed E-state index contributed by atoms with van der Waals surface area (Å²) in [6.45, 7) is 3.65. The van der Waals surface area contributed by atoms with Crippen molar-refractivity contribution < 1.29 is 37.3 Å². The Bertz CT molecular complexity index is 502. The van der Waals surface area contributed by atoms with Crippen molar-refractivity contribution in [2.75, 3.05) is 13.7 Å². The van der Waals surface area contributed by atoms with E-state index in [2.05, 4.69) is 9.47 Å². The molecule has 20 heavy (non-hydrogen) atoms. The van der Waals surface area contributed by atoms with Gasteiger partial charge in [0, 0.05) is 6.92 Å². The molecule has 0 aliphatic rings. The molecule has 0 unspecified atom stereocenters. The summed E-state index contributed by atoms with van der Waals surface area (Å²) in [7, 11) is 0.909. The van der Waals surface area contributed by atoms with E-state index in [1.54, 1.807) is 6.92 Å². The van der Waals surface area contributed by atoms with Gasteiger partial charge in [-0.1, -0.05) is 0 Å². The fourth-order valence-corrected chi connectivity index (χ4v) is 1.12. The van der Waals surface area contributed by atoms with E-state index in [0.717, 1.165) is 7.11 Å². The summed E-state index contributed by atoms with van der Waals surface area (Å²) in [6, 6.07) is 0.259. The van der Waals surface area contributed by atoms with Gasteiger partial charge in [-0.2, -0.15) is 4.39 Å². The minimum absolute atomic E-state index is 0.211. The maximum absolute atomic E-state index is 13.1. The Morgan fingerprint density at radius 1 is 1.25 bits per heavy atom. The lowest BCUT2D eigenvalue weighted by atomic mass is 10.2. The molecule has 1 N–H and O–H groups in total. The van der Waals surface area contributed by atoms with Crippen LogP contribution in [0.5, 0.6) is 5.75 Å². The number of ether oxygens (including phenoxy) is 2. The molecule has 1 aromatic rings. The Hall–Kier alpha value is -2.25. The monoisotopic (exact) mass is 294 g/mol. The van der Waals surface area contributed by atoms with Gasteiger partial charge in [0.2, 0.25) is 5.82 Å². The maximum atomic E-state index is 13.1. The van der Waals surface area contributed by atoms with Crippen LogP contribution >= 0.6 is 0 Å². The Morgan fingerprint density at radius 3 is 2.10 bits per heavy atom. The van der Waals surface area contributed by atoms with Gasteiger partial charge in [-0.25, -0.2) is 13.6 Å². The first-order chi connectivity index (χ1) is 9.26. The molecule has 0 aliphatic heterocycles. The molecular weight excluding hydrogens is 281 g/mol. The highest BCUT2D eigenvalue weighted by molar-refractivity contribution is 5.88. The highest BCUT2D eigenvalue weighted by Gasteiger charge is 2.22. The van der Waals surface area contributed by atoms with Crippen molar-refractivity contribution in [1.29, 1.82) is 0 Å². The number of esters is 1. The van der Waals surface area contributed by atoms with Crippen LogP contribution in [0.15, 0.2) is 6.07 Å². The molecule has 0 aromatic heterocycles. The normalized spacial score (nSPS) is 9.30. The fraction of sp³-hybridized carbons (Fsp3) is 0.333. The molecule has 1 aromatic carbocycles. The van der Waals surface area contributed by atoms with Crippen molar-refractivity contribution in [1.82, 2.24) is 0 Å². The number of hydrogen-bond donors (Lipinski definition) is 1. The number of carbonyl (C=O) groups is 2. The molecule has 8 heteroatoms. The number of halogens is 3. The number of rotatable bonds is 3. The maximum Gasteiger partial charge on any atom is 0.338 e. The topological polar surface area (TPSA) is 72.8 Å². The summed E-state index contributed by atoms with van der Waals surface area (Å²) < 4.78 is 47.1. The van der Waals surface area contributed by atoms with E-state index in [4.69, 9.17) is 5.11 Å². The zero-order valence-corrected chi connectivity index (χ0v) is 11.0. The first-order valence-corrected chi connectivity index (χ1v) is 5.34. The molecule has 112 valence electrons. The van der Waals surface area contributed by atoms with Crippen LogP contribution in [0.4, 0.5) is 13.2 Å². The van der Waals surface area contributed by atoms with E-state index in [9.17, 15) is 22.8 Å². The van der Waals surface area contributed by atoms with Crippen molar-refractivity contribution in [3.63, 3.8) is 0 Å². The van der Waals surface area contributed by atoms with Gasteiger partial charge in [-0.3, -0.25) is 4.79 Å². The van der Waals surface area contributed by atoms with Gasteiger partial charge in [-0.15, -0.1) is 0 Å². The predicted molar refractivity (Wildman–Crippen MR) is 62.1 cm³/mol. The Kier molecular flexibility index (Phi) is 7.12. The van der Waals surface area contributed by atoms with E-state index in [1.807, 2.05) is 0 Å². The third kappa shape index (κ3) is 4.79. The van der Waals surface area contributed by atoms with Crippen molar-refractivity contribution in [2.24, 2.45) is 0 Å². The van der Waals surface area contributed by atoms with Gasteiger partial charge in [0.1, 0.15) is 5.56 Å². The SMILES string of the molecule is CCOC(C)=O.COc1c(F)c(F)cc(C(=O)O)c1F. The molecule has 0 bridgehead atoms. The van der Waals surface area contributed by atoms with Crippen LogP contribution in [0.1, 0.15) is 24.2 Å². The number of carbonyl (C=O) groups excluding carboxylic acids is 1. The lowest BCUT2D eigenvalue weighted by molar-refractivity contribution is -0.140. The minimum Gasteiger partial charge on any atom is -0.491 e. The van der Waals surface area contributed by atoms with E-state index in [0.29, 0.717) is 6.61 Å². The summed E-state index contributed by atoms with van der Waals surface area (Å²) in [6.07, 6.45) is 0. The van der Waals surface area contributed by atoms with Crippen molar-refractivity contribution in [2.45, 2.75) is 13.8 Å². The first-order valence-electron chi connectivity index (χ1n) is 5.34. The Labute approximate surface area is 112 Å². The van der Waals surface area contributed by atoms with Crippen LogP contribution in [0.2, 0.25) is 0 Å². The van der Waals surface area contributed by atoms with Crippen LogP contribution in [-0.2, 0) is 9.53 Å². The molecular formula is C12H13F3O5. The number of aromatic carboxylic acids is 1. The summed E-state index contributed by atoms with van der Waals surface area (Å²) in [5, 5.41) is 8.42. The highest BCUT2D eigenvalue weighted by Crippen LogP contribution is 2.26. The van der Waals surface area contributed by atoms with Crippen LogP contribution in [0.25, 0.3) is 0 Å². The second kappa shape index (κ2) is 8.03. The number of hydrogen-bond acceptors (Lipinski definition) is 4. The molecule has 0 spiro atoms. The van der Waals surface area contributed by atoms with E-state index in [-0.39, 0.29) is 12.0 Å². The summed E-state index contributed by atoms with van der Waals surface area (Å²) >= 11 is 0. The van der Waals surface area contributed by atoms with E-state index >= 15 is 0 Å². The molecule has 0 aliphatic carbocycles. The van der Waals surface area contributed by atoms with Crippen molar-refractivity contribution in [3.8, 4) is 5.75 Å². The predicted octanol–water partition coefficient (Wildman–Crippen LogP) is 2.38. The molecule has 0 atom stereocenters. The first kappa shape index (κ1) is 17.8. The summed E-state index contributed by atoms with van der Waals surface area (Å²) in [4.78, 5) is 20.2. The molecule has 0 amide bonds. The quantitative estimate of drug-likeness (QED) is 0.684. The lowest BCUT2D eigenvalue weighted by Crippen LogP contribution is -2.06. The molecule has 0 fully saturated rings. The van der Waals surface area contributed by atoms with Gasteiger partial charge in [0.05, 0.1) is 13.7 Å². The zero-order chi connectivity index (χ0) is 15.9. The molecule has 5 nitrogen and oxygen atoms in total. The van der Waals surface area contributed by atoms with Gasteiger partial charge in [-0.05, 0) is 13.0 Å². The largest absolute Gasteiger partial charge is 0.491 e. The number of methoxy groups -OCH3 is 1. The second-order valence-corrected chi connectivity index (χ2v) is 3.30. The Morgan fingerprint density at radius 2 is 1.80 bits per heavy atom. The van der Waals surface area contributed by atoms with E-state index < -0.39 is 34.7 Å². The minimum atomic E-state index is -1.69. The van der Waals surface area contributed by atoms with Gasteiger partial charge < -0.3 is 14.6 Å². The van der Waals surface area contributed by atoms with Crippen molar-refractivity contribution >= 4 is 11.9 Å². The molecule has 0 saturated carbocycles. The lowest BCUT2D eigenvalue weighted by Gasteiger charge is -2.06. The molecule has 0 saturated heterocycles. The van der Waals surface area contributed by atoms with Gasteiger partial charge >= 0.3 is 11.9 Å². The third-order valence-corrected chi connectivity index (χ3v) is 1.90. The summed E-state index contributed by atoms with van der Waals surface area (Å²) in [5.74, 6) is -7.39. The van der Waals surface area contributed by atoms with Gasteiger partial charge in [0.15, 0.2) is 17.4 Å². The fourth-order valence-electron chi connectivity index (χ4n) is 1.12. The average molecular weight is 294 g/mol. The smallest absolute Gasteiger partial charge is 0.338 e.